The van der Waals surface area contributed by atoms with Gasteiger partial charge in [-0.25, -0.2) is 4.99 Å². The fraction of sp³-hybridized carbons (Fsp3) is 0.579. The Balaban J connectivity index is 1.61. The van der Waals surface area contributed by atoms with Gasteiger partial charge in [0.2, 0.25) is 11.9 Å². The van der Waals surface area contributed by atoms with Gasteiger partial charge in [0.05, 0.1) is 23.9 Å². The lowest BCUT2D eigenvalue weighted by Gasteiger charge is -2.28. The van der Waals surface area contributed by atoms with Crippen molar-refractivity contribution in [2.75, 3.05) is 13.2 Å². The monoisotopic (exact) mass is 379 g/mol. The Labute approximate surface area is 159 Å². The second kappa shape index (κ2) is 8.73. The molecule has 2 aliphatic heterocycles. The molecule has 1 atom stereocenters. The number of nitrogens with one attached hydrogen (secondary N) is 1. The number of amides is 1. The van der Waals surface area contributed by atoms with Crippen molar-refractivity contribution in [3.05, 3.63) is 22.7 Å². The minimum absolute atomic E-state index is 0.00662. The molecule has 142 valence electrons. The lowest BCUT2D eigenvalue weighted by atomic mass is 10.1. The summed E-state index contributed by atoms with van der Waals surface area (Å²) >= 11 is 6.57. The van der Waals surface area contributed by atoms with Crippen LogP contribution in [0.5, 0.6) is 5.75 Å². The molecule has 0 aromatic heterocycles. The molecule has 0 spiro atoms. The van der Waals surface area contributed by atoms with Crippen LogP contribution in [0.1, 0.15) is 51.0 Å². The number of carbonyl (C=O) groups is 1. The highest BCUT2D eigenvalue weighted by Crippen LogP contribution is 2.39. The van der Waals surface area contributed by atoms with E-state index in [1.165, 1.54) is 0 Å². The number of halogens is 1. The zero-order valence-corrected chi connectivity index (χ0v) is 15.9. The number of nitrogens with zero attached hydrogens (tertiary/aromatic N) is 2. The molecule has 2 heterocycles. The fourth-order valence-corrected chi connectivity index (χ4v) is 3.68. The van der Waals surface area contributed by atoms with Crippen molar-refractivity contribution >= 4 is 29.2 Å². The first-order valence-corrected chi connectivity index (χ1v) is 9.74. The van der Waals surface area contributed by atoms with Crippen LogP contribution in [0.15, 0.2) is 17.1 Å². The molecular formula is C19H26ClN3O3. The van der Waals surface area contributed by atoms with E-state index < -0.39 is 0 Å². The summed E-state index contributed by atoms with van der Waals surface area (Å²) in [4.78, 5) is 18.6. The number of aliphatic imine (C=N–C) groups is 1. The van der Waals surface area contributed by atoms with E-state index >= 15 is 0 Å². The van der Waals surface area contributed by atoms with E-state index in [4.69, 9.17) is 21.4 Å². The van der Waals surface area contributed by atoms with Crippen LogP contribution in [0, 0.1) is 0 Å². The Morgan fingerprint density at radius 1 is 1.31 bits per heavy atom. The molecule has 1 amide bonds. The van der Waals surface area contributed by atoms with E-state index in [0.29, 0.717) is 29.9 Å². The highest BCUT2D eigenvalue weighted by molar-refractivity contribution is 6.33. The van der Waals surface area contributed by atoms with E-state index in [0.717, 1.165) is 49.8 Å². The van der Waals surface area contributed by atoms with Gasteiger partial charge >= 0.3 is 0 Å². The molecule has 1 aromatic rings. The number of rotatable bonds is 9. The molecule has 1 unspecified atom stereocenters. The highest BCUT2D eigenvalue weighted by Gasteiger charge is 2.38. The summed E-state index contributed by atoms with van der Waals surface area (Å²) in [7, 11) is 0. The lowest BCUT2D eigenvalue weighted by molar-refractivity contribution is -0.121. The fourth-order valence-electron chi connectivity index (χ4n) is 3.40. The highest BCUT2D eigenvalue weighted by atomic mass is 35.5. The van der Waals surface area contributed by atoms with Crippen molar-refractivity contribution in [3.8, 4) is 5.75 Å². The number of aliphatic hydroxyl groups excluding tert-OH is 1. The number of fused-ring (bicyclic) bond motifs is 2. The topological polar surface area (TPSA) is 74.2 Å². The molecule has 6 nitrogen and oxygen atoms in total. The SMILES string of the molecule is CCC1C(=O)NC2=Nc3ccc(OCCCCCCCO)c(Cl)c3CN21. The van der Waals surface area contributed by atoms with Gasteiger partial charge in [-0.3, -0.25) is 10.1 Å². The molecule has 0 aliphatic carbocycles. The van der Waals surface area contributed by atoms with Gasteiger partial charge in [-0.1, -0.05) is 37.8 Å². The summed E-state index contributed by atoms with van der Waals surface area (Å²) in [6.45, 7) is 3.43. The van der Waals surface area contributed by atoms with E-state index in [1.807, 2.05) is 24.0 Å². The van der Waals surface area contributed by atoms with Crippen LogP contribution in [-0.4, -0.2) is 41.1 Å². The molecule has 7 heteroatoms. The summed E-state index contributed by atoms with van der Waals surface area (Å²) in [5.74, 6) is 1.28. The second-order valence-corrected chi connectivity index (χ2v) is 7.07. The van der Waals surface area contributed by atoms with Crippen LogP contribution >= 0.6 is 11.6 Å². The van der Waals surface area contributed by atoms with Gasteiger partial charge in [0.15, 0.2) is 0 Å². The Kier molecular flexibility index (Phi) is 6.38. The predicted molar refractivity (Wildman–Crippen MR) is 102 cm³/mol. The van der Waals surface area contributed by atoms with Crippen LogP contribution in [0.2, 0.25) is 5.02 Å². The smallest absolute Gasteiger partial charge is 0.249 e. The Morgan fingerprint density at radius 2 is 2.08 bits per heavy atom. The second-order valence-electron chi connectivity index (χ2n) is 6.69. The number of carbonyl (C=O) groups excluding carboxylic acids is 1. The van der Waals surface area contributed by atoms with Crippen molar-refractivity contribution in [1.82, 2.24) is 10.2 Å². The van der Waals surface area contributed by atoms with Gasteiger partial charge in [-0.05, 0) is 31.4 Å². The van der Waals surface area contributed by atoms with Gasteiger partial charge in [0.1, 0.15) is 11.8 Å². The largest absolute Gasteiger partial charge is 0.492 e. The number of unbranched alkanes of at least 4 members (excludes halogenated alkanes) is 4. The van der Waals surface area contributed by atoms with Gasteiger partial charge in [-0.2, -0.15) is 0 Å². The van der Waals surface area contributed by atoms with Crippen LogP contribution in [-0.2, 0) is 11.3 Å². The quantitative estimate of drug-likeness (QED) is 0.645. The summed E-state index contributed by atoms with van der Waals surface area (Å²) in [5.41, 5.74) is 1.69. The molecule has 0 saturated carbocycles. The Morgan fingerprint density at radius 3 is 2.85 bits per heavy atom. The first-order chi connectivity index (χ1) is 12.7. The number of benzene rings is 1. The average molecular weight is 380 g/mol. The van der Waals surface area contributed by atoms with Crippen LogP contribution in [0.3, 0.4) is 0 Å². The zero-order valence-electron chi connectivity index (χ0n) is 15.1. The van der Waals surface area contributed by atoms with E-state index in [9.17, 15) is 4.79 Å². The van der Waals surface area contributed by atoms with Crippen LogP contribution < -0.4 is 10.1 Å². The molecule has 1 aromatic carbocycles. The first kappa shape index (κ1) is 19.0. The molecule has 0 radical (unpaired) electrons. The third-order valence-corrected chi connectivity index (χ3v) is 5.28. The molecule has 1 saturated heterocycles. The van der Waals surface area contributed by atoms with Crippen molar-refractivity contribution in [1.29, 1.82) is 0 Å². The summed E-state index contributed by atoms with van der Waals surface area (Å²) in [5, 5.41) is 12.2. The molecule has 1 fully saturated rings. The van der Waals surface area contributed by atoms with Crippen molar-refractivity contribution in [2.24, 2.45) is 4.99 Å². The van der Waals surface area contributed by atoms with Gasteiger partial charge < -0.3 is 14.7 Å². The number of guanidine groups is 1. The molecule has 0 bridgehead atoms. The molecule has 2 N–H and O–H groups in total. The maximum atomic E-state index is 12.0. The number of hydrogen-bond acceptors (Lipinski definition) is 5. The standard InChI is InChI=1S/C19H26ClN3O3/c1-2-15-18(25)22-19-21-14-8-9-16(17(20)13(14)12-23(15)19)26-11-7-5-3-4-6-10-24/h8-9,15,24H,2-7,10-12H2,1H3,(H,21,22,25). The normalized spacial score (nSPS) is 18.3. The molecule has 26 heavy (non-hydrogen) atoms. The third-order valence-electron chi connectivity index (χ3n) is 4.87. The van der Waals surface area contributed by atoms with Gasteiger partial charge in [0, 0.05) is 12.2 Å². The molecular weight excluding hydrogens is 354 g/mol. The Hall–Kier alpha value is -1.79. The lowest BCUT2D eigenvalue weighted by Crippen LogP contribution is -2.36. The molecule has 2 aliphatic rings. The van der Waals surface area contributed by atoms with E-state index in [2.05, 4.69) is 10.3 Å². The van der Waals surface area contributed by atoms with Crippen LogP contribution in [0.25, 0.3) is 0 Å². The van der Waals surface area contributed by atoms with Crippen LogP contribution in [0.4, 0.5) is 5.69 Å². The minimum Gasteiger partial charge on any atom is -0.492 e. The maximum Gasteiger partial charge on any atom is 0.249 e. The Bertz CT molecular complexity index is 693. The number of hydrogen-bond donors (Lipinski definition) is 2. The number of aliphatic hydroxyl groups is 1. The van der Waals surface area contributed by atoms with Gasteiger partial charge in [-0.15, -0.1) is 0 Å². The summed E-state index contributed by atoms with van der Waals surface area (Å²) in [6, 6.07) is 3.55. The zero-order chi connectivity index (χ0) is 18.5. The minimum atomic E-state index is -0.193. The predicted octanol–water partition coefficient (Wildman–Crippen LogP) is 3.37. The number of ether oxygens (including phenoxy) is 1. The summed E-state index contributed by atoms with van der Waals surface area (Å²) in [6.07, 6.45) is 5.79. The molecule has 3 rings (SSSR count). The van der Waals surface area contributed by atoms with Crippen molar-refractivity contribution in [2.45, 2.75) is 58.0 Å². The third kappa shape index (κ3) is 3.96. The van der Waals surface area contributed by atoms with Crippen molar-refractivity contribution in [3.63, 3.8) is 0 Å². The maximum absolute atomic E-state index is 12.0. The average Bonchev–Trinajstić information content (AvgIpc) is 2.95. The van der Waals surface area contributed by atoms with E-state index in [-0.39, 0.29) is 18.6 Å². The van der Waals surface area contributed by atoms with E-state index in [1.54, 1.807) is 0 Å². The summed E-state index contributed by atoms with van der Waals surface area (Å²) < 4.78 is 5.86. The van der Waals surface area contributed by atoms with Crippen molar-refractivity contribution < 1.29 is 14.6 Å². The first-order valence-electron chi connectivity index (χ1n) is 9.37. The van der Waals surface area contributed by atoms with Gasteiger partial charge in [0.25, 0.3) is 0 Å².